The fourth-order valence-electron chi connectivity index (χ4n) is 3.11. The van der Waals surface area contributed by atoms with Crippen LogP contribution in [0.25, 0.3) is 0 Å². The van der Waals surface area contributed by atoms with Gasteiger partial charge in [-0.25, -0.2) is 13.0 Å². The molecule has 1 aromatic heterocycles. The van der Waals surface area contributed by atoms with Gasteiger partial charge in [-0.1, -0.05) is 69.6 Å². The highest BCUT2D eigenvalue weighted by Crippen LogP contribution is 2.13. The monoisotopic (exact) mass is 481 g/mol. The van der Waals surface area contributed by atoms with E-state index in [4.69, 9.17) is 0 Å². The van der Waals surface area contributed by atoms with Crippen LogP contribution in [0.5, 0.6) is 0 Å². The largest absolute Gasteiger partial charge is 0.744 e. The quantitative estimate of drug-likeness (QED) is 0.144. The Balaban J connectivity index is 0.000000389. The van der Waals surface area contributed by atoms with E-state index in [1.54, 1.807) is 23.9 Å². The van der Waals surface area contributed by atoms with Crippen molar-refractivity contribution in [2.24, 2.45) is 7.05 Å². The molecule has 0 atom stereocenters. The molecule has 0 unspecified atom stereocenters. The van der Waals surface area contributed by atoms with Crippen molar-refractivity contribution in [2.45, 2.75) is 82.2 Å². The third-order valence-corrected chi connectivity index (χ3v) is 6.79. The van der Waals surface area contributed by atoms with E-state index >= 15 is 0 Å². The number of thioether (sulfide) groups is 1. The Kier molecular flexibility index (Phi) is 13.5. The van der Waals surface area contributed by atoms with Crippen molar-refractivity contribution < 1.29 is 17.5 Å². The van der Waals surface area contributed by atoms with E-state index < -0.39 is 10.1 Å². The van der Waals surface area contributed by atoms with Crippen molar-refractivity contribution in [2.75, 3.05) is 18.1 Å². The average Bonchev–Trinajstić information content (AvgIpc) is 2.75. The van der Waals surface area contributed by atoms with Crippen LogP contribution in [0.1, 0.15) is 69.5 Å². The van der Waals surface area contributed by atoms with Crippen LogP contribution in [0, 0.1) is 13.8 Å². The number of hydrogen-bond acceptors (Lipinski definition) is 6. The normalized spacial score (nSPS) is 11.1. The fraction of sp³-hybridized carbons (Fsp3) is 0.583. The Labute approximate surface area is 199 Å². The molecule has 0 aliphatic rings. The number of hydrogen-bond donors (Lipinski definition) is 1. The maximum atomic E-state index is 10.4. The van der Waals surface area contributed by atoms with Crippen LogP contribution >= 0.6 is 11.8 Å². The van der Waals surface area contributed by atoms with Gasteiger partial charge >= 0.3 is 5.16 Å². The molecule has 32 heavy (non-hydrogen) atoms. The molecular weight excluding hydrogens is 442 g/mol. The van der Waals surface area contributed by atoms with Crippen LogP contribution in [0.4, 0.5) is 5.82 Å². The van der Waals surface area contributed by atoms with Crippen LogP contribution in [0.15, 0.2) is 40.4 Å². The van der Waals surface area contributed by atoms with E-state index in [9.17, 15) is 13.0 Å². The number of benzene rings is 1. The highest BCUT2D eigenvalue weighted by molar-refractivity contribution is 7.98. The summed E-state index contributed by atoms with van der Waals surface area (Å²) in [6, 6.07) is 7.91. The number of aromatic nitrogens is 2. The van der Waals surface area contributed by atoms with Crippen LogP contribution in [-0.2, 0) is 17.2 Å². The molecule has 0 aliphatic carbocycles. The van der Waals surface area contributed by atoms with E-state index in [1.165, 1.54) is 69.2 Å². The maximum absolute atomic E-state index is 10.4. The standard InChI is InChI=1S/C17H31N3S.C7H8O3S/c1-5-6-7-8-9-10-11-12-13-18-16-14-15(2)20(3)17(19-16)21-4;1-6-2-4-7(5-3-6)11(8,9)10/h14H,5-13H2,1-4H3;2-5H,1H3,(H,8,9,10). The zero-order chi connectivity index (χ0) is 24.0. The second kappa shape index (κ2) is 15.2. The Morgan fingerprint density at radius 3 is 2.09 bits per heavy atom. The molecule has 0 spiro atoms. The first-order valence-electron chi connectivity index (χ1n) is 11.4. The number of aryl methyl sites for hydroxylation is 2. The Bertz CT molecular complexity index is 901. The summed E-state index contributed by atoms with van der Waals surface area (Å²) in [6.07, 6.45) is 13.0. The Morgan fingerprint density at radius 1 is 1.00 bits per heavy atom. The van der Waals surface area contributed by atoms with Gasteiger partial charge in [-0.15, -0.1) is 0 Å². The van der Waals surface area contributed by atoms with Gasteiger partial charge in [-0.2, -0.15) is 0 Å². The molecule has 0 amide bonds. The molecule has 1 heterocycles. The fourth-order valence-corrected chi connectivity index (χ4v) is 4.19. The van der Waals surface area contributed by atoms with Gasteiger partial charge in [-0.05, 0) is 55.4 Å². The number of nitrogens with zero attached hydrogens (tertiary/aromatic N) is 2. The highest BCUT2D eigenvalue weighted by atomic mass is 32.2. The highest BCUT2D eigenvalue weighted by Gasteiger charge is 2.13. The Hall–Kier alpha value is -1.64. The minimum Gasteiger partial charge on any atom is -0.744 e. The number of nitrogens with one attached hydrogen (secondary N) is 1. The lowest BCUT2D eigenvalue weighted by Gasteiger charge is -2.05. The minimum atomic E-state index is -4.27. The molecule has 8 heteroatoms. The summed E-state index contributed by atoms with van der Waals surface area (Å²) in [7, 11) is -2.20. The van der Waals surface area contributed by atoms with Gasteiger partial charge in [0.05, 0.1) is 11.9 Å². The molecule has 2 aromatic rings. The van der Waals surface area contributed by atoms with Gasteiger partial charge in [0.2, 0.25) is 5.82 Å². The molecular formula is C24H39N3O3S2. The average molecular weight is 482 g/mol. The van der Waals surface area contributed by atoms with Crippen molar-refractivity contribution in [1.82, 2.24) is 4.98 Å². The molecule has 0 radical (unpaired) electrons. The van der Waals surface area contributed by atoms with E-state index in [1.807, 2.05) is 6.92 Å². The van der Waals surface area contributed by atoms with Gasteiger partial charge < -0.3 is 9.87 Å². The summed E-state index contributed by atoms with van der Waals surface area (Å²) in [5.41, 5.74) is 2.17. The van der Waals surface area contributed by atoms with E-state index in [0.29, 0.717) is 0 Å². The van der Waals surface area contributed by atoms with Crippen molar-refractivity contribution >= 4 is 27.7 Å². The second-order valence-electron chi connectivity index (χ2n) is 8.00. The predicted molar refractivity (Wildman–Crippen MR) is 132 cm³/mol. The summed E-state index contributed by atoms with van der Waals surface area (Å²) < 4.78 is 33.3. The smallest absolute Gasteiger partial charge is 0.361 e. The van der Waals surface area contributed by atoms with Crippen molar-refractivity contribution in [3.05, 3.63) is 41.6 Å². The first kappa shape index (κ1) is 28.4. The zero-order valence-corrected chi connectivity index (χ0v) is 21.8. The molecule has 2 rings (SSSR count). The molecule has 6 nitrogen and oxygen atoms in total. The first-order chi connectivity index (χ1) is 15.2. The van der Waals surface area contributed by atoms with Gasteiger partial charge in [0, 0.05) is 12.6 Å². The summed E-state index contributed by atoms with van der Waals surface area (Å²) in [5, 5.41) is 4.52. The van der Waals surface area contributed by atoms with Crippen LogP contribution < -0.4 is 9.88 Å². The number of rotatable bonds is 12. The molecule has 1 aromatic carbocycles. The molecule has 0 bridgehead atoms. The van der Waals surface area contributed by atoms with Gasteiger partial charge in [0.15, 0.2) is 0 Å². The van der Waals surface area contributed by atoms with Crippen LogP contribution in [-0.4, -0.2) is 30.8 Å². The summed E-state index contributed by atoms with van der Waals surface area (Å²) in [5.74, 6) is 1.01. The zero-order valence-electron chi connectivity index (χ0n) is 20.2. The lowest BCUT2D eigenvalue weighted by molar-refractivity contribution is -0.718. The molecule has 1 N–H and O–H groups in total. The van der Waals surface area contributed by atoms with Crippen LogP contribution in [0.3, 0.4) is 0 Å². The van der Waals surface area contributed by atoms with Crippen molar-refractivity contribution in [1.29, 1.82) is 0 Å². The molecule has 180 valence electrons. The number of anilines is 1. The minimum absolute atomic E-state index is 0.178. The SMILES string of the molecule is CCCCCCCCCCNc1cc(C)[n+](C)c(SC)n1.Cc1ccc(S(=O)(=O)[O-])cc1. The summed E-state index contributed by atoms with van der Waals surface area (Å²) in [4.78, 5) is 4.46. The molecule has 0 fully saturated rings. The Morgan fingerprint density at radius 2 is 1.56 bits per heavy atom. The van der Waals surface area contributed by atoms with Gasteiger partial charge in [-0.3, -0.25) is 0 Å². The van der Waals surface area contributed by atoms with Crippen LogP contribution in [0.2, 0.25) is 0 Å². The predicted octanol–water partition coefficient (Wildman–Crippen LogP) is 5.39. The summed E-state index contributed by atoms with van der Waals surface area (Å²) >= 11 is 1.69. The second-order valence-corrected chi connectivity index (χ2v) is 10.2. The lowest BCUT2D eigenvalue weighted by atomic mass is 10.1. The summed E-state index contributed by atoms with van der Waals surface area (Å²) in [6.45, 7) is 7.25. The number of unbranched alkanes of at least 4 members (excludes halogenated alkanes) is 7. The maximum Gasteiger partial charge on any atom is 0.361 e. The third-order valence-electron chi connectivity index (χ3n) is 5.21. The molecule has 0 saturated heterocycles. The third kappa shape index (κ3) is 11.3. The molecule has 0 saturated carbocycles. The van der Waals surface area contributed by atoms with E-state index in [2.05, 4.69) is 48.1 Å². The topological polar surface area (TPSA) is 86.0 Å². The first-order valence-corrected chi connectivity index (χ1v) is 14.0. The molecule has 0 aliphatic heterocycles. The lowest BCUT2D eigenvalue weighted by Crippen LogP contribution is -2.36. The van der Waals surface area contributed by atoms with E-state index in [-0.39, 0.29) is 4.90 Å². The van der Waals surface area contributed by atoms with E-state index in [0.717, 1.165) is 23.1 Å². The van der Waals surface area contributed by atoms with Gasteiger partial charge in [0.1, 0.15) is 15.8 Å². The van der Waals surface area contributed by atoms with Crippen molar-refractivity contribution in [3.63, 3.8) is 0 Å². The van der Waals surface area contributed by atoms with Gasteiger partial charge in [0.25, 0.3) is 0 Å². The van der Waals surface area contributed by atoms with Crippen molar-refractivity contribution in [3.8, 4) is 0 Å².